The molecule has 2 aromatic heterocycles. The number of fused-ring (bicyclic) bond motifs is 6. The van der Waals surface area contributed by atoms with E-state index in [0.717, 1.165) is 12.1 Å². The molecule has 0 aliphatic heterocycles. The monoisotopic (exact) mass is 702 g/mol. The normalized spacial score (nSPS) is 11.1. The molecular weight excluding hydrogens is 686 g/mol. The van der Waals surface area contributed by atoms with E-state index in [1.807, 2.05) is 0 Å². The van der Waals surface area contributed by atoms with Gasteiger partial charge in [-0.25, -0.2) is 14.5 Å². The van der Waals surface area contributed by atoms with Crippen molar-refractivity contribution in [2.45, 2.75) is 6.18 Å². The van der Waals surface area contributed by atoms with Crippen molar-refractivity contribution in [3.8, 4) is 40.7 Å². The predicted molar refractivity (Wildman–Crippen MR) is 198 cm³/mol. The first-order valence-electron chi connectivity index (χ1n) is 16.0. The zero-order valence-corrected chi connectivity index (χ0v) is 27.5. The second kappa shape index (κ2) is 12.2. The van der Waals surface area contributed by atoms with Gasteiger partial charge in [-0.3, -0.25) is 0 Å². The first-order chi connectivity index (χ1) is 26.1. The van der Waals surface area contributed by atoms with Crippen LogP contribution in [0, 0.1) is 53.7 Å². The van der Waals surface area contributed by atoms with Crippen LogP contribution in [0.25, 0.3) is 80.6 Å². The highest BCUT2D eigenvalue weighted by molar-refractivity contribution is 6.13. The van der Waals surface area contributed by atoms with Crippen molar-refractivity contribution in [3.63, 3.8) is 0 Å². The summed E-state index contributed by atoms with van der Waals surface area (Å²) in [7, 11) is 0. The molecule has 0 unspecified atom stereocenters. The number of benzene rings is 6. The average Bonchev–Trinajstić information content (AvgIpc) is 3.70. The maximum atomic E-state index is 14.6. The Labute approximate surface area is 304 Å². The molecule has 0 atom stereocenters. The molecule has 8 rings (SSSR count). The molecule has 0 aliphatic rings. The average molecular weight is 703 g/mol. The molecule has 0 saturated heterocycles. The van der Waals surface area contributed by atoms with E-state index in [9.17, 15) is 29.0 Å². The number of hydrogen-bond acceptors (Lipinski definition) is 3. The molecule has 6 aromatic carbocycles. The van der Waals surface area contributed by atoms with Crippen LogP contribution < -0.4 is 0 Å². The minimum Gasteiger partial charge on any atom is -0.310 e. The summed E-state index contributed by atoms with van der Waals surface area (Å²) in [5.74, 6) is 0. The van der Waals surface area contributed by atoms with Gasteiger partial charge < -0.3 is 9.13 Å². The van der Waals surface area contributed by atoms with E-state index in [0.29, 0.717) is 54.7 Å². The van der Waals surface area contributed by atoms with Gasteiger partial charge in [0.1, 0.15) is 0 Å². The summed E-state index contributed by atoms with van der Waals surface area (Å²) >= 11 is 0. The summed E-state index contributed by atoms with van der Waals surface area (Å²) in [6.07, 6.45) is -4.83. The molecular formula is C43H17F3N8. The second-order valence-corrected chi connectivity index (χ2v) is 12.4. The van der Waals surface area contributed by atoms with Gasteiger partial charge in [0.15, 0.2) is 17.1 Å². The van der Waals surface area contributed by atoms with Gasteiger partial charge in [-0.1, -0.05) is 36.4 Å². The molecule has 8 aromatic rings. The van der Waals surface area contributed by atoms with E-state index in [1.54, 1.807) is 81.9 Å². The molecule has 0 amide bonds. The Morgan fingerprint density at radius 2 is 0.907 bits per heavy atom. The molecule has 0 radical (unpaired) electrons. The SMILES string of the molecule is [C-]#[N+]c1cc(-c2c(-n3c4cc(C#N)ccc4c4ccc([N+]#[C-])cc43)cc(C#N)cc2-n2c3cc(C#N)ccc3c3ccc([N+]#[C-])cc32)cc(C(F)(F)F)c1. The second-order valence-electron chi connectivity index (χ2n) is 12.4. The van der Waals surface area contributed by atoms with Gasteiger partial charge in [0.05, 0.1) is 77.0 Å². The Morgan fingerprint density at radius 1 is 0.481 bits per heavy atom. The zero-order chi connectivity index (χ0) is 37.9. The lowest BCUT2D eigenvalue weighted by atomic mass is 9.95. The van der Waals surface area contributed by atoms with Crippen molar-refractivity contribution in [3.05, 3.63) is 160 Å². The van der Waals surface area contributed by atoms with Gasteiger partial charge in [0.25, 0.3) is 0 Å². The zero-order valence-electron chi connectivity index (χ0n) is 27.5. The van der Waals surface area contributed by atoms with E-state index < -0.39 is 11.7 Å². The van der Waals surface area contributed by atoms with Crippen LogP contribution in [0.4, 0.5) is 30.2 Å². The van der Waals surface area contributed by atoms with Gasteiger partial charge in [0, 0.05) is 43.7 Å². The maximum absolute atomic E-state index is 14.6. The summed E-state index contributed by atoms with van der Waals surface area (Å²) in [5.41, 5.74) is 2.45. The Hall–Kier alpha value is -8.35. The third-order valence-electron chi connectivity index (χ3n) is 9.39. The van der Waals surface area contributed by atoms with E-state index in [1.165, 1.54) is 18.2 Å². The maximum Gasteiger partial charge on any atom is 0.415 e. The van der Waals surface area contributed by atoms with Gasteiger partial charge in [-0.15, -0.1) is 0 Å². The minimum absolute atomic E-state index is 0.00847. The molecule has 2 heterocycles. The number of nitrogens with zero attached hydrogens (tertiary/aromatic N) is 8. The molecule has 11 heteroatoms. The smallest absolute Gasteiger partial charge is 0.310 e. The summed E-state index contributed by atoms with van der Waals surface area (Å²) in [6.45, 7) is 23.3. The minimum atomic E-state index is -4.83. The standard InChI is InChI=1S/C43H17F3N8/c1-50-29-6-10-34-32-8-4-24(21-47)12-36(32)53(38(34)19-29)40-14-26(23-49)15-41(42(40)27-16-28(43(44,45)46)18-31(17-27)52-3)54-37-13-25(22-48)5-9-33(37)35-11-7-30(51-2)20-39(35)54/h4-20H. The number of aromatic nitrogens is 2. The Bertz CT molecular complexity index is 2920. The van der Waals surface area contributed by atoms with E-state index in [4.69, 9.17) is 19.7 Å². The fraction of sp³-hybridized carbons (Fsp3) is 0.0233. The van der Waals surface area contributed by atoms with Crippen LogP contribution in [0.3, 0.4) is 0 Å². The number of hydrogen-bond donors (Lipinski definition) is 0. The van der Waals surface area contributed by atoms with Crippen molar-refractivity contribution < 1.29 is 13.2 Å². The topological polar surface area (TPSA) is 94.3 Å². The molecule has 0 aliphatic carbocycles. The summed E-state index contributed by atoms with van der Waals surface area (Å²) in [4.78, 5) is 10.6. The number of nitriles is 3. The lowest BCUT2D eigenvalue weighted by Gasteiger charge is -2.22. The summed E-state index contributed by atoms with van der Waals surface area (Å²) < 4.78 is 47.1. The summed E-state index contributed by atoms with van der Waals surface area (Å²) in [6, 6.07) is 32.7. The van der Waals surface area contributed by atoms with Crippen molar-refractivity contribution in [1.82, 2.24) is 9.13 Å². The quantitative estimate of drug-likeness (QED) is 0.171. The Kier molecular flexibility index (Phi) is 7.39. The number of rotatable bonds is 3. The molecule has 0 N–H and O–H groups in total. The molecule has 8 nitrogen and oxygen atoms in total. The first kappa shape index (κ1) is 32.8. The summed E-state index contributed by atoms with van der Waals surface area (Å²) in [5, 5.41) is 33.1. The van der Waals surface area contributed by atoms with Gasteiger partial charge >= 0.3 is 6.18 Å². The first-order valence-corrected chi connectivity index (χ1v) is 16.0. The lowest BCUT2D eigenvalue weighted by Crippen LogP contribution is -2.07. The highest BCUT2D eigenvalue weighted by atomic mass is 19.4. The van der Waals surface area contributed by atoms with Crippen LogP contribution >= 0.6 is 0 Å². The van der Waals surface area contributed by atoms with Crippen LogP contribution in [0.5, 0.6) is 0 Å². The molecule has 0 fully saturated rings. The van der Waals surface area contributed by atoms with Crippen LogP contribution in [0.15, 0.2) is 103 Å². The van der Waals surface area contributed by atoms with Crippen LogP contribution in [0.2, 0.25) is 0 Å². The lowest BCUT2D eigenvalue weighted by molar-refractivity contribution is -0.137. The predicted octanol–water partition coefficient (Wildman–Crippen LogP) is 11.8. The van der Waals surface area contributed by atoms with E-state index in [-0.39, 0.29) is 45.1 Å². The van der Waals surface area contributed by atoms with Crippen molar-refractivity contribution in [1.29, 1.82) is 15.8 Å². The van der Waals surface area contributed by atoms with Gasteiger partial charge in [-0.2, -0.15) is 29.0 Å². The van der Waals surface area contributed by atoms with Crippen LogP contribution in [-0.4, -0.2) is 9.13 Å². The molecule has 0 saturated carbocycles. The number of alkyl halides is 3. The molecule has 250 valence electrons. The highest BCUT2D eigenvalue weighted by Gasteiger charge is 2.32. The van der Waals surface area contributed by atoms with Gasteiger partial charge in [-0.05, 0) is 72.3 Å². The van der Waals surface area contributed by atoms with E-state index >= 15 is 0 Å². The number of halogens is 3. The molecule has 0 bridgehead atoms. The third kappa shape index (κ3) is 5.03. The van der Waals surface area contributed by atoms with Crippen LogP contribution in [-0.2, 0) is 6.18 Å². The highest BCUT2D eigenvalue weighted by Crippen LogP contribution is 2.46. The van der Waals surface area contributed by atoms with Gasteiger partial charge in [0.2, 0.25) is 0 Å². The Morgan fingerprint density at radius 3 is 1.31 bits per heavy atom. The Balaban J connectivity index is 1.67. The molecule has 54 heavy (non-hydrogen) atoms. The van der Waals surface area contributed by atoms with E-state index in [2.05, 4.69) is 32.7 Å². The third-order valence-corrected chi connectivity index (χ3v) is 9.39. The van der Waals surface area contributed by atoms with Crippen molar-refractivity contribution >= 4 is 60.7 Å². The van der Waals surface area contributed by atoms with Crippen molar-refractivity contribution in [2.75, 3.05) is 0 Å². The van der Waals surface area contributed by atoms with Crippen LogP contribution in [0.1, 0.15) is 22.3 Å². The fourth-order valence-electron chi connectivity index (χ4n) is 7.12. The fourth-order valence-corrected chi connectivity index (χ4v) is 7.12. The van der Waals surface area contributed by atoms with Crippen molar-refractivity contribution in [2.24, 2.45) is 0 Å². The molecule has 0 spiro atoms. The largest absolute Gasteiger partial charge is 0.415 e.